The summed E-state index contributed by atoms with van der Waals surface area (Å²) in [6.45, 7) is 0.741. The van der Waals surface area contributed by atoms with Crippen LogP contribution in [0.4, 0.5) is 0 Å². The van der Waals surface area contributed by atoms with Crippen LogP contribution in [0.25, 0.3) is 0 Å². The summed E-state index contributed by atoms with van der Waals surface area (Å²) in [6, 6.07) is 20.4. The van der Waals surface area contributed by atoms with E-state index in [4.69, 9.17) is 10.00 Å². The first-order valence-electron chi connectivity index (χ1n) is 7.01. The van der Waals surface area contributed by atoms with E-state index in [1.54, 1.807) is 0 Å². The third-order valence-corrected chi connectivity index (χ3v) is 3.18. The van der Waals surface area contributed by atoms with Crippen LogP contribution in [0.2, 0.25) is 0 Å². The predicted molar refractivity (Wildman–Crippen MR) is 80.6 cm³/mol. The Labute approximate surface area is 120 Å². The summed E-state index contributed by atoms with van der Waals surface area (Å²) in [5.41, 5.74) is 2.41. The van der Waals surface area contributed by atoms with Crippen LogP contribution in [0, 0.1) is 11.3 Å². The number of aryl methyl sites for hydroxylation is 1. The summed E-state index contributed by atoms with van der Waals surface area (Å²) in [7, 11) is 0. The minimum Gasteiger partial charge on any atom is -0.494 e. The molecule has 20 heavy (non-hydrogen) atoms. The summed E-state index contributed by atoms with van der Waals surface area (Å²) < 4.78 is 5.69. The lowest BCUT2D eigenvalue weighted by molar-refractivity contribution is 0.307. The van der Waals surface area contributed by atoms with Crippen molar-refractivity contribution in [2.75, 3.05) is 6.61 Å². The average molecular weight is 265 g/mol. The second-order valence-corrected chi connectivity index (χ2v) is 4.77. The number of nitriles is 1. The van der Waals surface area contributed by atoms with Gasteiger partial charge in [0.25, 0.3) is 0 Å². The molecule has 2 aromatic rings. The zero-order valence-corrected chi connectivity index (χ0v) is 11.6. The van der Waals surface area contributed by atoms with E-state index in [1.807, 2.05) is 30.3 Å². The van der Waals surface area contributed by atoms with Gasteiger partial charge >= 0.3 is 0 Å². The Morgan fingerprint density at radius 1 is 0.850 bits per heavy atom. The van der Waals surface area contributed by atoms with Gasteiger partial charge in [0, 0.05) is 0 Å². The van der Waals surface area contributed by atoms with Crippen LogP contribution in [0.5, 0.6) is 5.75 Å². The molecule has 0 bridgehead atoms. The zero-order valence-electron chi connectivity index (χ0n) is 11.6. The highest BCUT2D eigenvalue weighted by Crippen LogP contribution is 2.13. The lowest BCUT2D eigenvalue weighted by Crippen LogP contribution is -1.98. The van der Waals surface area contributed by atoms with Gasteiger partial charge in [0.05, 0.1) is 19.1 Å². The second-order valence-electron chi connectivity index (χ2n) is 4.77. The molecule has 0 heterocycles. The standard InChI is InChI=1S/C18H19NO/c19-14-13-17-9-11-18(12-10-17)20-15-5-4-8-16-6-2-1-3-7-16/h1-3,6-7,9-12H,4-5,8,13,15H2. The molecule has 0 aliphatic rings. The van der Waals surface area contributed by atoms with Gasteiger partial charge in [0.2, 0.25) is 0 Å². The maximum absolute atomic E-state index is 8.60. The highest BCUT2D eigenvalue weighted by molar-refractivity contribution is 5.28. The second kappa shape index (κ2) is 8.01. The van der Waals surface area contributed by atoms with E-state index in [0.717, 1.165) is 37.2 Å². The number of hydrogen-bond acceptors (Lipinski definition) is 2. The average Bonchev–Trinajstić information content (AvgIpc) is 2.50. The van der Waals surface area contributed by atoms with E-state index >= 15 is 0 Å². The summed E-state index contributed by atoms with van der Waals surface area (Å²) in [5, 5.41) is 8.60. The Kier molecular flexibility index (Phi) is 5.67. The molecule has 0 saturated carbocycles. The molecule has 0 aromatic heterocycles. The van der Waals surface area contributed by atoms with Crippen molar-refractivity contribution in [2.24, 2.45) is 0 Å². The Morgan fingerprint density at radius 2 is 1.60 bits per heavy atom. The normalized spacial score (nSPS) is 9.95. The summed E-state index contributed by atoms with van der Waals surface area (Å²) in [4.78, 5) is 0. The minimum atomic E-state index is 0.456. The van der Waals surface area contributed by atoms with E-state index < -0.39 is 0 Å². The van der Waals surface area contributed by atoms with Gasteiger partial charge in [-0.15, -0.1) is 0 Å². The first kappa shape index (κ1) is 14.1. The minimum absolute atomic E-state index is 0.456. The predicted octanol–water partition coefficient (Wildman–Crippen LogP) is 4.15. The lowest BCUT2D eigenvalue weighted by Gasteiger charge is -2.06. The molecule has 0 fully saturated rings. The molecule has 0 aliphatic carbocycles. The van der Waals surface area contributed by atoms with Gasteiger partial charge in [-0.25, -0.2) is 0 Å². The van der Waals surface area contributed by atoms with Gasteiger partial charge in [-0.2, -0.15) is 5.26 Å². The molecule has 0 aliphatic heterocycles. The van der Waals surface area contributed by atoms with Crippen LogP contribution in [0.15, 0.2) is 54.6 Å². The van der Waals surface area contributed by atoms with Gasteiger partial charge < -0.3 is 4.74 Å². The number of ether oxygens (including phenoxy) is 1. The number of nitrogens with zero attached hydrogens (tertiary/aromatic N) is 1. The van der Waals surface area contributed by atoms with Crippen molar-refractivity contribution in [3.8, 4) is 11.8 Å². The summed E-state index contributed by atoms with van der Waals surface area (Å²) in [6.07, 6.45) is 3.74. The molecular weight excluding hydrogens is 246 g/mol. The Balaban J connectivity index is 1.65. The number of hydrogen-bond donors (Lipinski definition) is 0. The highest BCUT2D eigenvalue weighted by atomic mass is 16.5. The van der Waals surface area contributed by atoms with Crippen molar-refractivity contribution in [1.82, 2.24) is 0 Å². The van der Waals surface area contributed by atoms with Crippen LogP contribution in [-0.2, 0) is 12.8 Å². The molecular formula is C18H19NO. The van der Waals surface area contributed by atoms with Gasteiger partial charge in [0.15, 0.2) is 0 Å². The molecule has 0 unspecified atom stereocenters. The highest BCUT2D eigenvalue weighted by Gasteiger charge is 1.96. The molecule has 0 N–H and O–H groups in total. The molecule has 2 aromatic carbocycles. The van der Waals surface area contributed by atoms with Crippen molar-refractivity contribution >= 4 is 0 Å². The molecule has 2 rings (SSSR count). The molecule has 0 radical (unpaired) electrons. The van der Waals surface area contributed by atoms with Gasteiger partial charge in [-0.3, -0.25) is 0 Å². The summed E-state index contributed by atoms with van der Waals surface area (Å²) in [5.74, 6) is 0.881. The monoisotopic (exact) mass is 265 g/mol. The van der Waals surface area contributed by atoms with Crippen LogP contribution >= 0.6 is 0 Å². The molecule has 0 saturated heterocycles. The van der Waals surface area contributed by atoms with Gasteiger partial charge in [-0.1, -0.05) is 42.5 Å². The zero-order chi connectivity index (χ0) is 14.0. The fraction of sp³-hybridized carbons (Fsp3) is 0.278. The fourth-order valence-electron chi connectivity index (χ4n) is 2.06. The van der Waals surface area contributed by atoms with Crippen molar-refractivity contribution < 1.29 is 4.74 Å². The largest absolute Gasteiger partial charge is 0.494 e. The lowest BCUT2D eigenvalue weighted by atomic mass is 10.1. The number of benzene rings is 2. The van der Waals surface area contributed by atoms with Crippen LogP contribution in [-0.4, -0.2) is 6.61 Å². The molecule has 0 amide bonds. The maximum atomic E-state index is 8.60. The quantitative estimate of drug-likeness (QED) is 0.704. The first-order valence-corrected chi connectivity index (χ1v) is 7.01. The van der Waals surface area contributed by atoms with Gasteiger partial charge in [0.1, 0.15) is 5.75 Å². The Morgan fingerprint density at radius 3 is 2.30 bits per heavy atom. The Hall–Kier alpha value is -2.27. The molecule has 2 nitrogen and oxygen atoms in total. The van der Waals surface area contributed by atoms with E-state index in [2.05, 4.69) is 30.3 Å². The van der Waals surface area contributed by atoms with Crippen LogP contribution < -0.4 is 4.74 Å². The van der Waals surface area contributed by atoms with Crippen molar-refractivity contribution in [3.63, 3.8) is 0 Å². The molecule has 2 heteroatoms. The topological polar surface area (TPSA) is 33.0 Å². The van der Waals surface area contributed by atoms with Crippen LogP contribution in [0.3, 0.4) is 0 Å². The van der Waals surface area contributed by atoms with E-state index in [9.17, 15) is 0 Å². The van der Waals surface area contributed by atoms with Gasteiger partial charge in [-0.05, 0) is 42.5 Å². The Bertz CT molecular complexity index is 540. The van der Waals surface area contributed by atoms with E-state index in [-0.39, 0.29) is 0 Å². The van der Waals surface area contributed by atoms with Crippen molar-refractivity contribution in [2.45, 2.75) is 25.7 Å². The molecule has 0 spiro atoms. The molecule has 0 atom stereocenters. The smallest absolute Gasteiger partial charge is 0.119 e. The molecule has 102 valence electrons. The van der Waals surface area contributed by atoms with Crippen molar-refractivity contribution in [3.05, 3.63) is 65.7 Å². The SMILES string of the molecule is N#CCc1ccc(OCCCCc2ccccc2)cc1. The van der Waals surface area contributed by atoms with E-state index in [0.29, 0.717) is 6.42 Å². The third-order valence-electron chi connectivity index (χ3n) is 3.18. The number of unbranched alkanes of at least 4 members (excludes halogenated alkanes) is 1. The first-order chi connectivity index (χ1) is 9.88. The number of rotatable bonds is 7. The van der Waals surface area contributed by atoms with Crippen molar-refractivity contribution in [1.29, 1.82) is 5.26 Å². The summed E-state index contributed by atoms with van der Waals surface area (Å²) >= 11 is 0. The fourth-order valence-corrected chi connectivity index (χ4v) is 2.06. The van der Waals surface area contributed by atoms with E-state index in [1.165, 1.54) is 5.56 Å². The maximum Gasteiger partial charge on any atom is 0.119 e. The van der Waals surface area contributed by atoms with Crippen LogP contribution in [0.1, 0.15) is 24.0 Å². The third kappa shape index (κ3) is 4.78.